The van der Waals surface area contributed by atoms with E-state index in [1.165, 1.54) is 22.3 Å². The van der Waals surface area contributed by atoms with Crippen LogP contribution in [0.1, 0.15) is 88.1 Å². The molecule has 0 bridgehead atoms. The number of hydrogen-bond acceptors (Lipinski definition) is 4. The molecule has 4 N–H and O–H groups in total. The molecule has 0 aliphatic heterocycles. The predicted molar refractivity (Wildman–Crippen MR) is 143 cm³/mol. The summed E-state index contributed by atoms with van der Waals surface area (Å²) >= 11 is 0. The second-order valence-corrected chi connectivity index (χ2v) is 10.9. The number of nitrogens with two attached hydrogens (primary N) is 1. The molecule has 34 heavy (non-hydrogen) atoms. The van der Waals surface area contributed by atoms with Gasteiger partial charge < -0.3 is 20.7 Å². The summed E-state index contributed by atoms with van der Waals surface area (Å²) in [6, 6.07) is 13.2. The third-order valence-corrected chi connectivity index (χ3v) is 7.47. The molecule has 0 radical (unpaired) electrons. The van der Waals surface area contributed by atoms with Crippen molar-refractivity contribution in [3.05, 3.63) is 64.2 Å². The summed E-state index contributed by atoms with van der Waals surface area (Å²) in [4.78, 5) is 0. The number of hydrogen-bond donors (Lipinski definition) is 3. The van der Waals surface area contributed by atoms with Gasteiger partial charge in [0.1, 0.15) is 12.4 Å². The van der Waals surface area contributed by atoms with Gasteiger partial charge in [-0.15, -0.1) is 0 Å². The number of rotatable bonds is 12. The minimum absolute atomic E-state index is 0.0647. The monoisotopic (exact) mass is 469 g/mol. The van der Waals surface area contributed by atoms with Crippen LogP contribution in [0.15, 0.2) is 36.4 Å². The van der Waals surface area contributed by atoms with Crippen LogP contribution in [-0.2, 0) is 11.8 Å². The Balaban J connectivity index is 2.28. The zero-order valence-corrected chi connectivity index (χ0v) is 22.4. The number of benzene rings is 2. The Morgan fingerprint density at radius 3 is 2.00 bits per heavy atom. The first-order valence-corrected chi connectivity index (χ1v) is 12.9. The third kappa shape index (κ3) is 6.84. The molecule has 0 spiro atoms. The summed E-state index contributed by atoms with van der Waals surface area (Å²) in [6.07, 6.45) is 3.91. The van der Waals surface area contributed by atoms with E-state index in [1.807, 2.05) is 0 Å². The van der Waals surface area contributed by atoms with Crippen LogP contribution in [0.25, 0.3) is 0 Å². The van der Waals surface area contributed by atoms with Gasteiger partial charge in [0, 0.05) is 18.1 Å². The highest BCUT2D eigenvalue weighted by molar-refractivity contribution is 5.47. The molecule has 4 nitrogen and oxygen atoms in total. The average molecular weight is 470 g/mol. The van der Waals surface area contributed by atoms with Crippen LogP contribution in [0.2, 0.25) is 0 Å². The minimum Gasteiger partial charge on any atom is -0.492 e. The Bertz CT molecular complexity index is 912. The van der Waals surface area contributed by atoms with Crippen molar-refractivity contribution in [2.24, 2.45) is 11.1 Å². The molecular formula is C30H47NO3. The van der Waals surface area contributed by atoms with E-state index in [4.69, 9.17) is 15.6 Å². The van der Waals surface area contributed by atoms with Gasteiger partial charge in [0.15, 0.2) is 0 Å². The SMILES string of the molecule is CCC(CC)(c1ccc(CCC(O)C(C)(C)C)c(C)c1)c1ccc(OC[C@@H](N)CCO)c(C)c1. The van der Waals surface area contributed by atoms with Gasteiger partial charge in [-0.05, 0) is 85.3 Å². The normalized spacial score (nSPS) is 14.2. The summed E-state index contributed by atoms with van der Waals surface area (Å²) in [5, 5.41) is 19.5. The van der Waals surface area contributed by atoms with Gasteiger partial charge in [0.2, 0.25) is 0 Å². The van der Waals surface area contributed by atoms with E-state index in [1.54, 1.807) is 0 Å². The standard InChI is InChI=1S/C30H47NO3/c1-8-30(9-2,25-13-14-27(22(4)19-25)34-20-26(31)16-17-32)24-12-10-23(21(3)18-24)11-15-28(33)29(5,6)7/h10,12-14,18-19,26,28,32-33H,8-9,11,15-17,20,31H2,1-7H3/t26-,28?/m0/s1. The molecular weight excluding hydrogens is 422 g/mol. The number of aryl methyl sites for hydroxylation is 3. The van der Waals surface area contributed by atoms with Gasteiger partial charge in [-0.1, -0.05) is 65.0 Å². The van der Waals surface area contributed by atoms with E-state index in [9.17, 15) is 5.11 Å². The van der Waals surface area contributed by atoms with Crippen LogP contribution < -0.4 is 10.5 Å². The molecule has 0 heterocycles. The van der Waals surface area contributed by atoms with E-state index >= 15 is 0 Å². The quantitative estimate of drug-likeness (QED) is 0.365. The van der Waals surface area contributed by atoms with Crippen molar-refractivity contribution in [1.82, 2.24) is 0 Å². The largest absolute Gasteiger partial charge is 0.492 e. The Morgan fingerprint density at radius 2 is 1.50 bits per heavy atom. The zero-order valence-electron chi connectivity index (χ0n) is 22.4. The zero-order chi connectivity index (χ0) is 25.5. The molecule has 0 saturated carbocycles. The summed E-state index contributed by atoms with van der Waals surface area (Å²) in [5.41, 5.74) is 12.2. The Labute approximate surface area is 207 Å². The van der Waals surface area contributed by atoms with E-state index in [0.29, 0.717) is 13.0 Å². The first-order chi connectivity index (χ1) is 16.0. The highest BCUT2D eigenvalue weighted by Gasteiger charge is 2.31. The first kappa shape index (κ1) is 28.4. The van der Waals surface area contributed by atoms with Gasteiger partial charge in [-0.3, -0.25) is 0 Å². The van der Waals surface area contributed by atoms with Crippen LogP contribution in [0.3, 0.4) is 0 Å². The average Bonchev–Trinajstić information content (AvgIpc) is 2.78. The number of aliphatic hydroxyl groups is 2. The molecule has 2 atom stereocenters. The van der Waals surface area contributed by atoms with E-state index in [-0.39, 0.29) is 29.6 Å². The van der Waals surface area contributed by atoms with Gasteiger partial charge >= 0.3 is 0 Å². The van der Waals surface area contributed by atoms with Crippen LogP contribution in [0, 0.1) is 19.3 Å². The maximum Gasteiger partial charge on any atom is 0.122 e. The van der Waals surface area contributed by atoms with Crippen molar-refractivity contribution in [3.63, 3.8) is 0 Å². The molecule has 4 heteroatoms. The number of aliphatic hydroxyl groups excluding tert-OH is 2. The Kier molecular flexibility index (Phi) is 10.2. The van der Waals surface area contributed by atoms with Gasteiger partial charge in [0.05, 0.1) is 6.10 Å². The van der Waals surface area contributed by atoms with Crippen molar-refractivity contribution in [2.75, 3.05) is 13.2 Å². The first-order valence-electron chi connectivity index (χ1n) is 12.9. The molecule has 0 aliphatic carbocycles. The lowest BCUT2D eigenvalue weighted by Gasteiger charge is -2.34. The van der Waals surface area contributed by atoms with E-state index in [2.05, 4.69) is 84.9 Å². The summed E-state index contributed by atoms with van der Waals surface area (Å²) in [5.74, 6) is 0.849. The lowest BCUT2D eigenvalue weighted by Crippen LogP contribution is -2.29. The smallest absolute Gasteiger partial charge is 0.122 e. The van der Waals surface area contributed by atoms with Gasteiger partial charge in [0.25, 0.3) is 0 Å². The molecule has 0 amide bonds. The predicted octanol–water partition coefficient (Wildman–Crippen LogP) is 5.84. The van der Waals surface area contributed by atoms with Crippen LogP contribution in [-0.4, -0.2) is 35.6 Å². The van der Waals surface area contributed by atoms with Crippen molar-refractivity contribution in [3.8, 4) is 5.75 Å². The fourth-order valence-electron chi connectivity index (χ4n) is 4.79. The van der Waals surface area contributed by atoms with Gasteiger partial charge in [-0.2, -0.15) is 0 Å². The molecule has 0 fully saturated rings. The molecule has 190 valence electrons. The second-order valence-electron chi connectivity index (χ2n) is 10.9. The topological polar surface area (TPSA) is 75.7 Å². The highest BCUT2D eigenvalue weighted by atomic mass is 16.5. The molecule has 1 unspecified atom stereocenters. The van der Waals surface area contributed by atoms with Crippen molar-refractivity contribution in [2.45, 2.75) is 98.1 Å². The lowest BCUT2D eigenvalue weighted by atomic mass is 9.69. The molecule has 2 aromatic rings. The summed E-state index contributed by atoms with van der Waals surface area (Å²) in [7, 11) is 0. The van der Waals surface area contributed by atoms with Crippen LogP contribution >= 0.6 is 0 Å². The molecule has 0 aliphatic rings. The van der Waals surface area contributed by atoms with Crippen LogP contribution in [0.5, 0.6) is 5.75 Å². The maximum absolute atomic E-state index is 10.5. The highest BCUT2D eigenvalue weighted by Crippen LogP contribution is 2.41. The van der Waals surface area contributed by atoms with Gasteiger partial charge in [-0.25, -0.2) is 0 Å². The van der Waals surface area contributed by atoms with E-state index in [0.717, 1.165) is 37.0 Å². The second kappa shape index (κ2) is 12.2. The summed E-state index contributed by atoms with van der Waals surface area (Å²) in [6.45, 7) is 15.5. The lowest BCUT2D eigenvalue weighted by molar-refractivity contribution is 0.0560. The fourth-order valence-corrected chi connectivity index (χ4v) is 4.79. The Morgan fingerprint density at radius 1 is 0.912 bits per heavy atom. The van der Waals surface area contributed by atoms with E-state index < -0.39 is 0 Å². The Hall–Kier alpha value is -1.88. The minimum atomic E-state index is -0.307. The molecule has 0 saturated heterocycles. The molecule has 2 rings (SSSR count). The maximum atomic E-state index is 10.5. The summed E-state index contributed by atoms with van der Waals surface area (Å²) < 4.78 is 5.94. The van der Waals surface area contributed by atoms with Crippen molar-refractivity contribution >= 4 is 0 Å². The molecule has 2 aromatic carbocycles. The third-order valence-electron chi connectivity index (χ3n) is 7.47. The fraction of sp³-hybridized carbons (Fsp3) is 0.600. The van der Waals surface area contributed by atoms with Crippen LogP contribution in [0.4, 0.5) is 0 Å². The number of ether oxygens (including phenoxy) is 1. The van der Waals surface area contributed by atoms with Crippen molar-refractivity contribution in [1.29, 1.82) is 0 Å². The molecule has 0 aromatic heterocycles. The van der Waals surface area contributed by atoms with Crippen molar-refractivity contribution < 1.29 is 14.9 Å².